The van der Waals surface area contributed by atoms with Crippen LogP contribution in [-0.2, 0) is 23.9 Å². The van der Waals surface area contributed by atoms with E-state index < -0.39 is 40.6 Å². The van der Waals surface area contributed by atoms with Crippen molar-refractivity contribution in [1.82, 2.24) is 9.80 Å². The number of esters is 1. The Labute approximate surface area is 209 Å². The molecule has 0 saturated carbocycles. The van der Waals surface area contributed by atoms with Crippen LogP contribution in [0.5, 0.6) is 0 Å². The lowest BCUT2D eigenvalue weighted by Crippen LogP contribution is -2.60. The summed E-state index contributed by atoms with van der Waals surface area (Å²) in [6, 6.07) is -0.854. The third kappa shape index (κ3) is 4.44. The number of fused-ring (bicyclic) bond motifs is 1. The predicted octanol–water partition coefficient (Wildman–Crippen LogP) is 2.70. The van der Waals surface area contributed by atoms with E-state index >= 15 is 0 Å². The molecule has 3 aliphatic heterocycles. The normalized spacial score (nSPS) is 33.5. The number of aliphatic hydroxyl groups is 1. The lowest BCUT2D eigenvalue weighted by Gasteiger charge is -2.42. The van der Waals surface area contributed by atoms with Crippen LogP contribution in [-0.4, -0.2) is 81.8 Å². The molecule has 0 aromatic rings. The first-order valence-corrected chi connectivity index (χ1v) is 12.7. The van der Waals surface area contributed by atoms with E-state index in [2.05, 4.69) is 13.2 Å². The van der Waals surface area contributed by atoms with Crippen LogP contribution in [0.1, 0.15) is 60.3 Å². The number of carbonyl (C=O) groups is 3. The Morgan fingerprint density at radius 1 is 1.29 bits per heavy atom. The first-order valence-electron chi connectivity index (χ1n) is 12.7. The Kier molecular flexibility index (Phi) is 7.87. The Hall–Kier alpha value is -2.19. The summed E-state index contributed by atoms with van der Waals surface area (Å²) in [5.41, 5.74) is -2.50. The van der Waals surface area contributed by atoms with Gasteiger partial charge in [-0.2, -0.15) is 0 Å². The van der Waals surface area contributed by atoms with Crippen LogP contribution in [0.25, 0.3) is 0 Å². The molecule has 0 radical (unpaired) electrons. The van der Waals surface area contributed by atoms with E-state index in [9.17, 15) is 19.5 Å². The molecule has 1 N–H and O–H groups in total. The molecule has 8 heteroatoms. The fourth-order valence-electron chi connectivity index (χ4n) is 6.31. The summed E-state index contributed by atoms with van der Waals surface area (Å²) in [5, 5.41) is 9.31. The van der Waals surface area contributed by atoms with E-state index in [0.717, 1.165) is 0 Å². The number of carbonyl (C=O) groups excluding carboxylic acids is 3. The number of ether oxygens (including phenoxy) is 2. The van der Waals surface area contributed by atoms with E-state index in [1.165, 1.54) is 0 Å². The average Bonchev–Trinajstić information content (AvgIpc) is 3.28. The molecule has 2 bridgehead atoms. The van der Waals surface area contributed by atoms with Gasteiger partial charge in [-0.25, -0.2) is 0 Å². The number of amides is 2. The molecule has 3 unspecified atom stereocenters. The summed E-state index contributed by atoms with van der Waals surface area (Å²) in [6.07, 6.45) is 5.45. The Bertz CT molecular complexity index is 866. The number of nitrogens with zero attached hydrogens (tertiary/aromatic N) is 2. The first kappa shape index (κ1) is 27.4. The lowest BCUT2D eigenvalue weighted by molar-refractivity contribution is -0.162. The van der Waals surface area contributed by atoms with Crippen LogP contribution in [0.15, 0.2) is 25.3 Å². The van der Waals surface area contributed by atoms with Crippen molar-refractivity contribution in [3.8, 4) is 0 Å². The fraction of sp³-hybridized carbons (Fsp3) is 0.741. The van der Waals surface area contributed by atoms with E-state index in [1.807, 2.05) is 34.6 Å². The molecule has 35 heavy (non-hydrogen) atoms. The van der Waals surface area contributed by atoms with Gasteiger partial charge in [-0.3, -0.25) is 14.4 Å². The Balaban J connectivity index is 2.08. The van der Waals surface area contributed by atoms with Gasteiger partial charge in [0.15, 0.2) is 0 Å². The Morgan fingerprint density at radius 3 is 2.54 bits per heavy atom. The zero-order chi connectivity index (χ0) is 26.2. The maximum atomic E-state index is 14.2. The third-order valence-corrected chi connectivity index (χ3v) is 8.06. The highest BCUT2D eigenvalue weighted by Crippen LogP contribution is 2.65. The summed E-state index contributed by atoms with van der Waals surface area (Å²) >= 11 is 0. The van der Waals surface area contributed by atoms with Gasteiger partial charge in [0.05, 0.1) is 18.1 Å². The van der Waals surface area contributed by atoms with Crippen LogP contribution >= 0.6 is 0 Å². The van der Waals surface area contributed by atoms with Gasteiger partial charge in [-0.05, 0) is 59.3 Å². The molecule has 0 aromatic carbocycles. The van der Waals surface area contributed by atoms with Gasteiger partial charge >= 0.3 is 5.97 Å². The molecule has 3 saturated heterocycles. The lowest BCUT2D eigenvalue weighted by atomic mass is 9.62. The smallest absolute Gasteiger partial charge is 0.312 e. The molecule has 0 aliphatic carbocycles. The molecular weight excluding hydrogens is 448 g/mol. The van der Waals surface area contributed by atoms with Crippen molar-refractivity contribution in [3.63, 3.8) is 0 Å². The summed E-state index contributed by atoms with van der Waals surface area (Å²) in [7, 11) is 0. The molecular formula is C27H42N2O6. The van der Waals surface area contributed by atoms with Gasteiger partial charge in [-0.15, -0.1) is 13.2 Å². The molecule has 3 rings (SSSR count). The molecule has 8 nitrogen and oxygen atoms in total. The summed E-state index contributed by atoms with van der Waals surface area (Å²) in [5.74, 6) is -2.51. The number of hydrogen-bond acceptors (Lipinski definition) is 6. The van der Waals surface area contributed by atoms with Crippen molar-refractivity contribution in [3.05, 3.63) is 25.3 Å². The van der Waals surface area contributed by atoms with Crippen molar-refractivity contribution in [2.24, 2.45) is 17.8 Å². The Morgan fingerprint density at radius 2 is 1.97 bits per heavy atom. The maximum absolute atomic E-state index is 14.2. The van der Waals surface area contributed by atoms with Crippen molar-refractivity contribution >= 4 is 17.8 Å². The summed E-state index contributed by atoms with van der Waals surface area (Å²) in [4.78, 5) is 44.9. The van der Waals surface area contributed by atoms with Gasteiger partial charge in [0, 0.05) is 25.2 Å². The largest absolute Gasteiger partial charge is 0.465 e. The van der Waals surface area contributed by atoms with Crippen molar-refractivity contribution in [2.75, 3.05) is 26.3 Å². The van der Waals surface area contributed by atoms with Gasteiger partial charge in [0.2, 0.25) is 11.8 Å². The van der Waals surface area contributed by atoms with Crippen molar-refractivity contribution in [2.45, 2.75) is 83.1 Å². The minimum atomic E-state index is -1.10. The fourth-order valence-corrected chi connectivity index (χ4v) is 6.31. The average molecular weight is 491 g/mol. The van der Waals surface area contributed by atoms with Crippen LogP contribution in [0.2, 0.25) is 0 Å². The van der Waals surface area contributed by atoms with Crippen molar-refractivity contribution in [1.29, 1.82) is 0 Å². The number of hydrogen-bond donors (Lipinski definition) is 1. The third-order valence-electron chi connectivity index (χ3n) is 8.06. The second-order valence-corrected chi connectivity index (χ2v) is 11.3. The SMILES string of the molecule is C=CCCOC(=O)[C@@H]1[C@H]2C(=O)N(CCCCO)C(C(=O)N(CC=C)C(C)(C)C)C23CC(C)[C@@]1(C)O3. The molecule has 0 aromatic heterocycles. The summed E-state index contributed by atoms with van der Waals surface area (Å²) < 4.78 is 12.3. The topological polar surface area (TPSA) is 96.4 Å². The van der Waals surface area contributed by atoms with Crippen LogP contribution in [0, 0.1) is 17.8 Å². The van der Waals surface area contributed by atoms with Gasteiger partial charge in [0.25, 0.3) is 0 Å². The second-order valence-electron chi connectivity index (χ2n) is 11.3. The highest BCUT2D eigenvalue weighted by molar-refractivity contribution is 5.98. The highest BCUT2D eigenvalue weighted by Gasteiger charge is 2.80. The predicted molar refractivity (Wildman–Crippen MR) is 132 cm³/mol. The van der Waals surface area contributed by atoms with Gasteiger partial charge < -0.3 is 24.4 Å². The monoisotopic (exact) mass is 490 g/mol. The van der Waals surface area contributed by atoms with E-state index in [1.54, 1.807) is 22.0 Å². The summed E-state index contributed by atoms with van der Waals surface area (Å²) in [6.45, 7) is 18.1. The quantitative estimate of drug-likeness (QED) is 0.272. The standard InChI is InChI=1S/C27H42N2O6/c1-8-10-16-34-24(33)20-19-22(31)28(14-11-12-15-30)21(23(32)29(13-9-2)25(4,5)6)27(19)17-18(3)26(20,7)35-27/h8-9,18-21,30H,1-2,10-17H2,3-7H3/t18?,19-,20-,21?,26+,27?/m0/s1. The number of aliphatic hydroxyl groups excluding tert-OH is 1. The van der Waals surface area contributed by atoms with Gasteiger partial charge in [0.1, 0.15) is 17.6 Å². The first-order chi connectivity index (χ1) is 16.4. The number of rotatable bonds is 11. The number of likely N-dealkylation sites (tertiary alicyclic amines) is 1. The zero-order valence-electron chi connectivity index (χ0n) is 21.9. The second kappa shape index (κ2) is 10.1. The van der Waals surface area contributed by atoms with Gasteiger partial charge in [-0.1, -0.05) is 19.1 Å². The molecule has 3 fully saturated rings. The minimum absolute atomic E-state index is 0.00363. The van der Waals surface area contributed by atoms with Crippen LogP contribution in [0.4, 0.5) is 0 Å². The molecule has 3 heterocycles. The van der Waals surface area contributed by atoms with E-state index in [-0.39, 0.29) is 30.9 Å². The highest BCUT2D eigenvalue weighted by atomic mass is 16.6. The van der Waals surface area contributed by atoms with Crippen molar-refractivity contribution < 1.29 is 29.0 Å². The molecule has 2 amide bonds. The molecule has 6 atom stereocenters. The minimum Gasteiger partial charge on any atom is -0.465 e. The van der Waals surface area contributed by atoms with E-state index in [0.29, 0.717) is 38.8 Å². The molecule has 1 spiro atoms. The maximum Gasteiger partial charge on any atom is 0.312 e. The van der Waals surface area contributed by atoms with Crippen LogP contribution < -0.4 is 0 Å². The molecule has 196 valence electrons. The number of unbranched alkanes of at least 4 members (excludes halogenated alkanes) is 1. The van der Waals surface area contributed by atoms with Crippen LogP contribution in [0.3, 0.4) is 0 Å². The molecule has 3 aliphatic rings. The zero-order valence-corrected chi connectivity index (χ0v) is 21.9. The van der Waals surface area contributed by atoms with E-state index in [4.69, 9.17) is 9.47 Å².